The summed E-state index contributed by atoms with van der Waals surface area (Å²) < 4.78 is 0. The van der Waals surface area contributed by atoms with Crippen LogP contribution in [0.5, 0.6) is 0 Å². The summed E-state index contributed by atoms with van der Waals surface area (Å²) in [5.74, 6) is 0.865. The molecule has 5 heteroatoms. The summed E-state index contributed by atoms with van der Waals surface area (Å²) in [6, 6.07) is 19.8. The normalized spacial score (nSPS) is 10.5. The third kappa shape index (κ3) is 2.87. The van der Waals surface area contributed by atoms with Gasteiger partial charge in [-0.1, -0.05) is 24.3 Å². The van der Waals surface area contributed by atoms with Crippen molar-refractivity contribution in [3.63, 3.8) is 0 Å². The first kappa shape index (κ1) is 14.1. The molecule has 0 saturated heterocycles. The first-order valence-electron chi connectivity index (χ1n) is 7.63. The Morgan fingerprint density at radius 3 is 2.29 bits per heavy atom. The standard InChI is InChI=1S/C12H9N3.C7H6N2/c1-2-6-11-10(5-1)14-12(15-11)9-4-3-7-13-8-9;1-2-4-7-6(3-1)8-5-9-7/h1-8H,(H,14,15);1-5H,(H,8,9). The Bertz CT molecular complexity index is 999. The first-order chi connectivity index (χ1) is 11.9. The van der Waals surface area contributed by atoms with Crippen molar-refractivity contribution in [2.24, 2.45) is 0 Å². The fourth-order valence-corrected chi connectivity index (χ4v) is 2.47. The van der Waals surface area contributed by atoms with Crippen LogP contribution in [0.1, 0.15) is 0 Å². The Kier molecular flexibility index (Phi) is 3.73. The molecule has 0 aliphatic rings. The average molecular weight is 313 g/mol. The number of aromatic nitrogens is 5. The molecule has 3 aromatic heterocycles. The minimum absolute atomic E-state index is 0.865. The summed E-state index contributed by atoms with van der Waals surface area (Å²) in [6.07, 6.45) is 5.26. The zero-order valence-corrected chi connectivity index (χ0v) is 12.8. The van der Waals surface area contributed by atoms with Gasteiger partial charge in [0, 0.05) is 18.0 Å². The molecule has 2 N–H and O–H groups in total. The summed E-state index contributed by atoms with van der Waals surface area (Å²) in [5, 5.41) is 0. The number of nitrogens with one attached hydrogen (secondary N) is 2. The predicted octanol–water partition coefficient (Wildman–Crippen LogP) is 4.19. The summed E-state index contributed by atoms with van der Waals surface area (Å²) in [5.41, 5.74) is 5.16. The van der Waals surface area contributed by atoms with Gasteiger partial charge in [-0.15, -0.1) is 0 Å². The van der Waals surface area contributed by atoms with Crippen molar-refractivity contribution in [1.29, 1.82) is 0 Å². The van der Waals surface area contributed by atoms with Crippen LogP contribution >= 0.6 is 0 Å². The number of rotatable bonds is 1. The van der Waals surface area contributed by atoms with Gasteiger partial charge < -0.3 is 9.97 Å². The van der Waals surface area contributed by atoms with E-state index < -0.39 is 0 Å². The van der Waals surface area contributed by atoms with Crippen molar-refractivity contribution in [3.8, 4) is 11.4 Å². The molecule has 2 aromatic carbocycles. The van der Waals surface area contributed by atoms with E-state index in [0.29, 0.717) is 0 Å². The monoisotopic (exact) mass is 313 g/mol. The Hall–Kier alpha value is -3.47. The molecule has 0 spiro atoms. The van der Waals surface area contributed by atoms with Gasteiger partial charge in [-0.25, -0.2) is 9.97 Å². The summed E-state index contributed by atoms with van der Waals surface area (Å²) >= 11 is 0. The van der Waals surface area contributed by atoms with Crippen LogP contribution in [0.2, 0.25) is 0 Å². The van der Waals surface area contributed by atoms with E-state index in [4.69, 9.17) is 0 Å². The van der Waals surface area contributed by atoms with E-state index in [1.54, 1.807) is 18.7 Å². The van der Waals surface area contributed by atoms with E-state index in [-0.39, 0.29) is 0 Å². The van der Waals surface area contributed by atoms with Crippen molar-refractivity contribution >= 4 is 22.1 Å². The maximum Gasteiger partial charge on any atom is 0.140 e. The molecule has 0 unspecified atom stereocenters. The van der Waals surface area contributed by atoms with E-state index in [0.717, 1.165) is 33.5 Å². The molecular weight excluding hydrogens is 298 g/mol. The Morgan fingerprint density at radius 2 is 1.54 bits per heavy atom. The number of hydrogen-bond acceptors (Lipinski definition) is 3. The summed E-state index contributed by atoms with van der Waals surface area (Å²) in [7, 11) is 0. The fraction of sp³-hybridized carbons (Fsp3) is 0. The maximum absolute atomic E-state index is 4.49. The minimum atomic E-state index is 0.865. The van der Waals surface area contributed by atoms with Gasteiger partial charge in [0.25, 0.3) is 0 Å². The van der Waals surface area contributed by atoms with Crippen LogP contribution in [-0.2, 0) is 0 Å². The SMILES string of the molecule is c1ccc2[nH]cnc2c1.c1cncc(-c2nc3ccccc3[nH]2)c1. The Morgan fingerprint density at radius 1 is 0.750 bits per heavy atom. The Balaban J connectivity index is 0.000000138. The molecule has 0 aliphatic carbocycles. The predicted molar refractivity (Wildman–Crippen MR) is 95.4 cm³/mol. The van der Waals surface area contributed by atoms with E-state index in [1.807, 2.05) is 60.7 Å². The molecule has 116 valence electrons. The van der Waals surface area contributed by atoms with Gasteiger partial charge in [0.05, 0.1) is 28.4 Å². The molecule has 0 amide bonds. The van der Waals surface area contributed by atoms with Crippen LogP contribution in [0.3, 0.4) is 0 Å². The molecule has 0 radical (unpaired) electrons. The number of imidazole rings is 2. The second-order valence-electron chi connectivity index (χ2n) is 5.26. The topological polar surface area (TPSA) is 70.2 Å². The lowest BCUT2D eigenvalue weighted by Gasteiger charge is -1.92. The second kappa shape index (κ2) is 6.34. The van der Waals surface area contributed by atoms with Gasteiger partial charge in [0.1, 0.15) is 5.82 Å². The number of H-pyrrole nitrogens is 2. The van der Waals surface area contributed by atoms with Crippen LogP contribution in [0.25, 0.3) is 33.5 Å². The lowest BCUT2D eigenvalue weighted by Crippen LogP contribution is -1.80. The van der Waals surface area contributed by atoms with E-state index in [1.165, 1.54) is 0 Å². The van der Waals surface area contributed by atoms with Crippen LogP contribution in [0.4, 0.5) is 0 Å². The van der Waals surface area contributed by atoms with E-state index in [9.17, 15) is 0 Å². The average Bonchev–Trinajstić information content (AvgIpc) is 3.29. The van der Waals surface area contributed by atoms with Gasteiger partial charge in [0.15, 0.2) is 0 Å². The van der Waals surface area contributed by atoms with Gasteiger partial charge in [0.2, 0.25) is 0 Å². The summed E-state index contributed by atoms with van der Waals surface area (Å²) in [4.78, 5) is 18.9. The molecule has 24 heavy (non-hydrogen) atoms. The fourth-order valence-electron chi connectivity index (χ4n) is 2.47. The molecule has 0 atom stereocenters. The molecule has 0 aliphatic heterocycles. The number of hydrogen-bond donors (Lipinski definition) is 2. The van der Waals surface area contributed by atoms with Crippen LogP contribution < -0.4 is 0 Å². The zero-order valence-electron chi connectivity index (χ0n) is 12.8. The second-order valence-corrected chi connectivity index (χ2v) is 5.26. The van der Waals surface area contributed by atoms with Gasteiger partial charge in [-0.05, 0) is 36.4 Å². The smallest absolute Gasteiger partial charge is 0.140 e. The largest absolute Gasteiger partial charge is 0.345 e. The first-order valence-corrected chi connectivity index (χ1v) is 7.63. The van der Waals surface area contributed by atoms with Gasteiger partial charge in [-0.3, -0.25) is 4.98 Å². The number of benzene rings is 2. The highest BCUT2D eigenvalue weighted by molar-refractivity contribution is 5.79. The molecule has 5 aromatic rings. The highest BCUT2D eigenvalue weighted by Gasteiger charge is 2.03. The molecule has 0 fully saturated rings. The maximum atomic E-state index is 4.49. The highest BCUT2D eigenvalue weighted by atomic mass is 14.9. The lowest BCUT2D eigenvalue weighted by atomic mass is 10.3. The highest BCUT2D eigenvalue weighted by Crippen LogP contribution is 2.18. The van der Waals surface area contributed by atoms with Crippen LogP contribution in [0.15, 0.2) is 79.4 Å². The van der Waals surface area contributed by atoms with E-state index in [2.05, 4.69) is 24.9 Å². The van der Waals surface area contributed by atoms with Gasteiger partial charge in [-0.2, -0.15) is 0 Å². The van der Waals surface area contributed by atoms with Crippen molar-refractivity contribution in [3.05, 3.63) is 79.4 Å². The number of aromatic amines is 2. The van der Waals surface area contributed by atoms with E-state index >= 15 is 0 Å². The minimum Gasteiger partial charge on any atom is -0.345 e. The van der Waals surface area contributed by atoms with Crippen molar-refractivity contribution < 1.29 is 0 Å². The van der Waals surface area contributed by atoms with Crippen molar-refractivity contribution in [2.45, 2.75) is 0 Å². The lowest BCUT2D eigenvalue weighted by molar-refractivity contribution is 1.27. The molecular formula is C19H15N5. The molecule has 0 bridgehead atoms. The quantitative estimate of drug-likeness (QED) is 0.487. The number of para-hydroxylation sites is 4. The number of nitrogens with zero attached hydrogens (tertiary/aromatic N) is 3. The molecule has 5 rings (SSSR count). The zero-order chi connectivity index (χ0) is 16.2. The Labute approximate surface area is 138 Å². The van der Waals surface area contributed by atoms with Crippen LogP contribution in [-0.4, -0.2) is 24.9 Å². The third-order valence-corrected chi connectivity index (χ3v) is 3.65. The van der Waals surface area contributed by atoms with Gasteiger partial charge >= 0.3 is 0 Å². The van der Waals surface area contributed by atoms with Crippen molar-refractivity contribution in [2.75, 3.05) is 0 Å². The summed E-state index contributed by atoms with van der Waals surface area (Å²) in [6.45, 7) is 0. The third-order valence-electron chi connectivity index (χ3n) is 3.65. The van der Waals surface area contributed by atoms with Crippen molar-refractivity contribution in [1.82, 2.24) is 24.9 Å². The molecule has 0 saturated carbocycles. The number of pyridine rings is 1. The van der Waals surface area contributed by atoms with Crippen LogP contribution in [0, 0.1) is 0 Å². The number of fused-ring (bicyclic) bond motifs is 2. The molecule has 5 nitrogen and oxygen atoms in total. The molecule has 3 heterocycles.